The van der Waals surface area contributed by atoms with E-state index in [1.165, 1.54) is 0 Å². The van der Waals surface area contributed by atoms with E-state index in [-0.39, 0.29) is 11.8 Å². The van der Waals surface area contributed by atoms with Crippen molar-refractivity contribution in [3.05, 3.63) is 92.4 Å². The van der Waals surface area contributed by atoms with Crippen molar-refractivity contribution < 1.29 is 19.1 Å². The standard InChI is InChI=1S/C27H28Br2N2O4/c1-17(2)12-13-35-23-11-10-18(16-24(23)34-3)25(30-26(32)19-6-4-8-21(28)14-19)31-27(33)20-7-5-9-22(29)15-20/h4-11,14-17,25H,12-13H2,1-3H3,(H,30,32)(H,31,33). The summed E-state index contributed by atoms with van der Waals surface area (Å²) in [5, 5.41) is 5.84. The zero-order chi connectivity index (χ0) is 25.4. The van der Waals surface area contributed by atoms with Crippen molar-refractivity contribution in [2.45, 2.75) is 26.4 Å². The Morgan fingerprint density at radius 3 is 1.89 bits per heavy atom. The predicted octanol–water partition coefficient (Wildman–Crippen LogP) is 6.50. The number of methoxy groups -OCH3 is 1. The second-order valence-corrected chi connectivity index (χ2v) is 10.2. The average molecular weight is 604 g/mol. The maximum Gasteiger partial charge on any atom is 0.253 e. The molecule has 184 valence electrons. The van der Waals surface area contributed by atoms with E-state index in [1.807, 2.05) is 12.1 Å². The normalized spacial score (nSPS) is 10.8. The van der Waals surface area contributed by atoms with E-state index in [1.54, 1.807) is 61.7 Å². The molecule has 6 nitrogen and oxygen atoms in total. The Bertz CT molecular complexity index is 1120. The molecule has 0 heterocycles. The lowest BCUT2D eigenvalue weighted by molar-refractivity contribution is 0.0883. The molecule has 3 rings (SSSR count). The van der Waals surface area contributed by atoms with Gasteiger partial charge >= 0.3 is 0 Å². The van der Waals surface area contributed by atoms with Crippen molar-refractivity contribution >= 4 is 43.7 Å². The molecule has 0 aliphatic carbocycles. The maximum atomic E-state index is 13.0. The van der Waals surface area contributed by atoms with Crippen molar-refractivity contribution in [2.75, 3.05) is 13.7 Å². The van der Waals surface area contributed by atoms with Crippen LogP contribution in [0.5, 0.6) is 11.5 Å². The van der Waals surface area contributed by atoms with Gasteiger partial charge in [-0.05, 0) is 66.4 Å². The van der Waals surface area contributed by atoms with Crippen LogP contribution in [0, 0.1) is 5.92 Å². The molecule has 3 aromatic rings. The third-order valence-corrected chi connectivity index (χ3v) is 6.18. The van der Waals surface area contributed by atoms with E-state index < -0.39 is 6.17 Å². The molecule has 0 aliphatic heterocycles. The summed E-state index contributed by atoms with van der Waals surface area (Å²) in [4.78, 5) is 26.1. The van der Waals surface area contributed by atoms with Crippen LogP contribution in [0.25, 0.3) is 0 Å². The number of hydrogen-bond acceptors (Lipinski definition) is 4. The van der Waals surface area contributed by atoms with Crippen LogP contribution in [0.1, 0.15) is 52.7 Å². The van der Waals surface area contributed by atoms with Gasteiger partial charge in [0.05, 0.1) is 13.7 Å². The van der Waals surface area contributed by atoms with E-state index in [2.05, 4.69) is 56.3 Å². The zero-order valence-electron chi connectivity index (χ0n) is 19.8. The lowest BCUT2D eigenvalue weighted by Crippen LogP contribution is -2.41. The van der Waals surface area contributed by atoms with Gasteiger partial charge in [0.15, 0.2) is 11.5 Å². The predicted molar refractivity (Wildman–Crippen MR) is 144 cm³/mol. The van der Waals surface area contributed by atoms with Crippen LogP contribution in [0.15, 0.2) is 75.7 Å². The molecule has 0 spiro atoms. The first kappa shape index (κ1) is 26.8. The van der Waals surface area contributed by atoms with Crippen LogP contribution in [-0.4, -0.2) is 25.5 Å². The summed E-state index contributed by atoms with van der Waals surface area (Å²) in [5.41, 5.74) is 1.56. The highest BCUT2D eigenvalue weighted by atomic mass is 79.9. The highest BCUT2D eigenvalue weighted by Gasteiger charge is 2.21. The summed E-state index contributed by atoms with van der Waals surface area (Å²) >= 11 is 6.78. The number of ether oxygens (including phenoxy) is 2. The Morgan fingerprint density at radius 1 is 0.829 bits per heavy atom. The van der Waals surface area contributed by atoms with Crippen LogP contribution in [0.4, 0.5) is 0 Å². The molecular formula is C27H28Br2N2O4. The van der Waals surface area contributed by atoms with Crippen LogP contribution in [0.2, 0.25) is 0 Å². The first-order valence-corrected chi connectivity index (χ1v) is 12.8. The third-order valence-electron chi connectivity index (χ3n) is 5.20. The fourth-order valence-electron chi connectivity index (χ4n) is 3.28. The van der Waals surface area contributed by atoms with Crippen LogP contribution < -0.4 is 20.1 Å². The summed E-state index contributed by atoms with van der Waals surface area (Å²) < 4.78 is 13.0. The van der Waals surface area contributed by atoms with Crippen molar-refractivity contribution in [3.63, 3.8) is 0 Å². The molecule has 8 heteroatoms. The molecule has 0 saturated heterocycles. The maximum absolute atomic E-state index is 13.0. The van der Waals surface area contributed by atoms with E-state index in [9.17, 15) is 9.59 Å². The molecule has 0 radical (unpaired) electrons. The second-order valence-electron chi connectivity index (χ2n) is 8.34. The third kappa shape index (κ3) is 7.83. The minimum Gasteiger partial charge on any atom is -0.493 e. The highest BCUT2D eigenvalue weighted by molar-refractivity contribution is 9.10. The fourth-order valence-corrected chi connectivity index (χ4v) is 4.08. The van der Waals surface area contributed by atoms with Gasteiger partial charge in [0.25, 0.3) is 11.8 Å². The quantitative estimate of drug-likeness (QED) is 0.259. The van der Waals surface area contributed by atoms with Gasteiger partial charge in [0, 0.05) is 20.1 Å². The van der Waals surface area contributed by atoms with Crippen molar-refractivity contribution in [1.82, 2.24) is 10.6 Å². The number of carbonyl (C=O) groups excluding carboxylic acids is 2. The molecule has 0 aliphatic rings. The van der Waals surface area contributed by atoms with Gasteiger partial charge < -0.3 is 20.1 Å². The van der Waals surface area contributed by atoms with E-state index in [4.69, 9.17) is 9.47 Å². The lowest BCUT2D eigenvalue weighted by atomic mass is 10.1. The van der Waals surface area contributed by atoms with Gasteiger partial charge in [-0.2, -0.15) is 0 Å². The summed E-state index contributed by atoms with van der Waals surface area (Å²) in [6.45, 7) is 4.84. The smallest absolute Gasteiger partial charge is 0.253 e. The fraction of sp³-hybridized carbons (Fsp3) is 0.259. The number of benzene rings is 3. The summed E-state index contributed by atoms with van der Waals surface area (Å²) in [6.07, 6.45) is 0.102. The topological polar surface area (TPSA) is 76.7 Å². The SMILES string of the molecule is COc1cc(C(NC(=O)c2cccc(Br)c2)NC(=O)c2cccc(Br)c2)ccc1OCCC(C)C. The van der Waals surface area contributed by atoms with Gasteiger partial charge in [-0.1, -0.05) is 63.9 Å². The van der Waals surface area contributed by atoms with Gasteiger partial charge in [0.2, 0.25) is 0 Å². The first-order valence-electron chi connectivity index (χ1n) is 11.2. The molecule has 0 saturated carbocycles. The van der Waals surface area contributed by atoms with Gasteiger partial charge in [-0.25, -0.2) is 0 Å². The van der Waals surface area contributed by atoms with Crippen molar-refractivity contribution in [2.24, 2.45) is 5.92 Å². The highest BCUT2D eigenvalue weighted by Crippen LogP contribution is 2.30. The second kappa shape index (κ2) is 12.7. The van der Waals surface area contributed by atoms with Crippen molar-refractivity contribution in [3.8, 4) is 11.5 Å². The van der Waals surface area contributed by atoms with Gasteiger partial charge in [0.1, 0.15) is 6.17 Å². The molecule has 0 atom stereocenters. The Kier molecular flexibility index (Phi) is 9.74. The molecule has 0 bridgehead atoms. The largest absolute Gasteiger partial charge is 0.493 e. The lowest BCUT2D eigenvalue weighted by Gasteiger charge is -2.22. The Morgan fingerprint density at radius 2 is 1.40 bits per heavy atom. The molecule has 3 aromatic carbocycles. The molecule has 0 fully saturated rings. The van der Waals surface area contributed by atoms with Crippen molar-refractivity contribution in [1.29, 1.82) is 0 Å². The number of hydrogen-bond donors (Lipinski definition) is 2. The van der Waals surface area contributed by atoms with E-state index in [0.717, 1.165) is 15.4 Å². The number of amides is 2. The molecule has 35 heavy (non-hydrogen) atoms. The zero-order valence-corrected chi connectivity index (χ0v) is 23.0. The first-order chi connectivity index (χ1) is 16.8. The molecular weight excluding hydrogens is 576 g/mol. The minimum atomic E-state index is -0.813. The van der Waals surface area contributed by atoms with Crippen LogP contribution >= 0.6 is 31.9 Å². The molecule has 2 amide bonds. The molecule has 0 aromatic heterocycles. The van der Waals surface area contributed by atoms with E-state index >= 15 is 0 Å². The van der Waals surface area contributed by atoms with E-state index in [0.29, 0.717) is 40.7 Å². The average Bonchev–Trinajstić information content (AvgIpc) is 2.83. The summed E-state index contributed by atoms with van der Waals surface area (Å²) in [5.74, 6) is 0.979. The molecule has 0 unspecified atom stereocenters. The van der Waals surface area contributed by atoms with Gasteiger partial charge in [-0.3, -0.25) is 9.59 Å². The monoisotopic (exact) mass is 602 g/mol. The Labute approximate surface area is 222 Å². The number of carbonyl (C=O) groups is 2. The van der Waals surface area contributed by atoms with Crippen LogP contribution in [-0.2, 0) is 0 Å². The number of halogens is 2. The number of rotatable bonds is 10. The van der Waals surface area contributed by atoms with Crippen LogP contribution in [0.3, 0.4) is 0 Å². The van der Waals surface area contributed by atoms with Gasteiger partial charge in [-0.15, -0.1) is 0 Å². The summed E-state index contributed by atoms with van der Waals surface area (Å²) in [6, 6.07) is 19.4. The Balaban J connectivity index is 1.89. The Hall–Kier alpha value is -2.84. The number of nitrogens with one attached hydrogen (secondary N) is 2. The molecule has 2 N–H and O–H groups in total. The summed E-state index contributed by atoms with van der Waals surface area (Å²) in [7, 11) is 1.56. The minimum absolute atomic E-state index is 0.331.